The summed E-state index contributed by atoms with van der Waals surface area (Å²) in [6, 6.07) is 2.04. The lowest BCUT2D eigenvalue weighted by atomic mass is 9.98. The first-order valence-electron chi connectivity index (χ1n) is 7.59. The van der Waals surface area contributed by atoms with Gasteiger partial charge in [0.1, 0.15) is 0 Å². The fraction of sp³-hybridized carbons (Fsp3) is 0.467. The highest BCUT2D eigenvalue weighted by Crippen LogP contribution is 2.41. The molecule has 0 radical (unpaired) electrons. The molecule has 118 valence electrons. The van der Waals surface area contributed by atoms with Crippen LogP contribution in [0.25, 0.3) is 10.9 Å². The Balaban J connectivity index is 1.58. The Morgan fingerprint density at radius 2 is 2.05 bits per heavy atom. The van der Waals surface area contributed by atoms with Gasteiger partial charge in [-0.3, -0.25) is 0 Å². The number of piperidine rings is 1. The summed E-state index contributed by atoms with van der Waals surface area (Å²) in [6.07, 6.45) is 4.32. The smallest absolute Gasteiger partial charge is 0.0742 e. The fourth-order valence-electron chi connectivity index (χ4n) is 3.32. The Hall–Kier alpha value is -0.590. The average molecular weight is 357 g/mol. The predicted molar refractivity (Wildman–Crippen MR) is 95.5 cm³/mol. The largest absolute Gasteiger partial charge is 0.358 e. The summed E-state index contributed by atoms with van der Waals surface area (Å²) in [5.41, 5.74) is 3.34. The van der Waals surface area contributed by atoms with E-state index in [2.05, 4.69) is 19.3 Å². The first kappa shape index (κ1) is 15.0. The molecule has 0 unspecified atom stereocenters. The first-order valence-corrected chi connectivity index (χ1v) is 9.12. The van der Waals surface area contributed by atoms with Crippen molar-refractivity contribution in [2.45, 2.75) is 19.4 Å². The number of hydrogen-bond donors (Lipinski definition) is 3. The minimum absolute atomic E-state index is 0.673. The van der Waals surface area contributed by atoms with Crippen molar-refractivity contribution in [3.8, 4) is 0 Å². The van der Waals surface area contributed by atoms with E-state index in [0.29, 0.717) is 5.02 Å². The first-order chi connectivity index (χ1) is 10.7. The van der Waals surface area contributed by atoms with Crippen LogP contribution in [0.1, 0.15) is 18.4 Å². The molecule has 0 aliphatic carbocycles. The number of anilines is 1. The van der Waals surface area contributed by atoms with Gasteiger partial charge >= 0.3 is 0 Å². The van der Waals surface area contributed by atoms with Crippen molar-refractivity contribution in [3.63, 3.8) is 0 Å². The average Bonchev–Trinajstić information content (AvgIpc) is 2.91. The van der Waals surface area contributed by atoms with E-state index in [1.165, 1.54) is 18.4 Å². The van der Waals surface area contributed by atoms with E-state index in [9.17, 15) is 0 Å². The van der Waals surface area contributed by atoms with Gasteiger partial charge in [0, 0.05) is 36.8 Å². The molecule has 3 N–H and O–H groups in total. The van der Waals surface area contributed by atoms with Gasteiger partial charge in [0.15, 0.2) is 0 Å². The Morgan fingerprint density at radius 1 is 1.23 bits per heavy atom. The minimum atomic E-state index is 0.673. The highest BCUT2D eigenvalue weighted by molar-refractivity contribution is 7.98. The molecule has 1 aromatic carbocycles. The van der Waals surface area contributed by atoms with Crippen LogP contribution in [-0.4, -0.2) is 28.9 Å². The summed E-state index contributed by atoms with van der Waals surface area (Å²) in [4.78, 5) is 3.23. The van der Waals surface area contributed by atoms with E-state index in [-0.39, 0.29) is 0 Å². The van der Waals surface area contributed by atoms with Crippen LogP contribution in [0.15, 0.2) is 12.3 Å². The highest BCUT2D eigenvalue weighted by Gasteiger charge is 2.24. The monoisotopic (exact) mass is 356 g/mol. The Bertz CT molecular complexity index is 696. The molecular formula is C15H18Cl2N4S. The third-order valence-electron chi connectivity index (χ3n) is 4.49. The van der Waals surface area contributed by atoms with Gasteiger partial charge in [0.05, 0.1) is 21.2 Å². The van der Waals surface area contributed by atoms with E-state index >= 15 is 0 Å². The molecule has 0 spiro atoms. The minimum Gasteiger partial charge on any atom is -0.358 e. The van der Waals surface area contributed by atoms with E-state index in [0.717, 1.165) is 53.7 Å². The lowest BCUT2D eigenvalue weighted by Gasteiger charge is -2.33. The number of fused-ring (bicyclic) bond motifs is 3. The van der Waals surface area contributed by atoms with Crippen molar-refractivity contribution >= 4 is 51.9 Å². The van der Waals surface area contributed by atoms with Gasteiger partial charge in [-0.15, -0.1) is 0 Å². The number of aromatic amines is 1. The molecule has 22 heavy (non-hydrogen) atoms. The molecule has 3 heterocycles. The number of H-pyrrole nitrogens is 1. The molecule has 0 bridgehead atoms. The van der Waals surface area contributed by atoms with E-state index < -0.39 is 0 Å². The third-order valence-corrected chi connectivity index (χ3v) is 5.91. The topological polar surface area (TPSA) is 43.1 Å². The van der Waals surface area contributed by atoms with Gasteiger partial charge in [-0.1, -0.05) is 23.2 Å². The van der Waals surface area contributed by atoms with Crippen molar-refractivity contribution in [2.24, 2.45) is 5.92 Å². The summed E-state index contributed by atoms with van der Waals surface area (Å²) in [5, 5.41) is 5.72. The Labute approximate surface area is 144 Å². The molecule has 4 rings (SSSR count). The molecular weight excluding hydrogens is 339 g/mol. The molecule has 1 aromatic heterocycles. The Morgan fingerprint density at radius 3 is 2.86 bits per heavy atom. The summed E-state index contributed by atoms with van der Waals surface area (Å²) in [5.74, 6) is 0.774. The molecule has 1 fully saturated rings. The van der Waals surface area contributed by atoms with Crippen LogP contribution in [0.5, 0.6) is 0 Å². The lowest BCUT2D eigenvalue weighted by Crippen LogP contribution is -2.35. The predicted octanol–water partition coefficient (Wildman–Crippen LogP) is 4.27. The number of rotatable bonds is 2. The molecule has 2 aliphatic rings. The van der Waals surface area contributed by atoms with Crippen molar-refractivity contribution in [1.82, 2.24) is 14.6 Å². The summed E-state index contributed by atoms with van der Waals surface area (Å²) >= 11 is 14.3. The second-order valence-electron chi connectivity index (χ2n) is 5.99. The summed E-state index contributed by atoms with van der Waals surface area (Å²) in [6.45, 7) is 4.30. The number of halogens is 2. The van der Waals surface area contributed by atoms with Gasteiger partial charge in [-0.25, -0.2) is 4.31 Å². The Kier molecular flexibility index (Phi) is 4.17. The van der Waals surface area contributed by atoms with Crippen LogP contribution in [0.2, 0.25) is 10.0 Å². The van der Waals surface area contributed by atoms with Crippen molar-refractivity contribution in [1.29, 1.82) is 0 Å². The van der Waals surface area contributed by atoms with Crippen LogP contribution in [0, 0.1) is 5.92 Å². The van der Waals surface area contributed by atoms with Crippen molar-refractivity contribution in [2.75, 3.05) is 24.4 Å². The fourth-order valence-corrected chi connectivity index (χ4v) is 4.89. The van der Waals surface area contributed by atoms with Crippen molar-refractivity contribution < 1.29 is 0 Å². The second-order valence-corrected chi connectivity index (χ2v) is 7.71. The summed E-state index contributed by atoms with van der Waals surface area (Å²) < 4.78 is 5.86. The molecule has 1 saturated heterocycles. The SMILES string of the molecule is Clc1c[nH]c2c3c(cc(Cl)c12)CN(CC1CCNCC1)SN3. The summed E-state index contributed by atoms with van der Waals surface area (Å²) in [7, 11) is 0. The quantitative estimate of drug-likeness (QED) is 0.703. The van der Waals surface area contributed by atoms with Crippen molar-refractivity contribution in [3.05, 3.63) is 27.9 Å². The zero-order valence-electron chi connectivity index (χ0n) is 12.1. The normalized spacial score (nSPS) is 20.1. The van der Waals surface area contributed by atoms with Gasteiger partial charge in [0.25, 0.3) is 0 Å². The van der Waals surface area contributed by atoms with Gasteiger partial charge in [0.2, 0.25) is 0 Å². The maximum absolute atomic E-state index is 6.41. The zero-order valence-corrected chi connectivity index (χ0v) is 14.4. The maximum atomic E-state index is 6.41. The molecule has 2 aromatic rings. The maximum Gasteiger partial charge on any atom is 0.0742 e. The highest BCUT2D eigenvalue weighted by atomic mass is 35.5. The molecule has 0 saturated carbocycles. The van der Waals surface area contributed by atoms with Gasteiger partial charge < -0.3 is 15.0 Å². The van der Waals surface area contributed by atoms with Gasteiger partial charge in [-0.2, -0.15) is 0 Å². The molecule has 0 atom stereocenters. The lowest BCUT2D eigenvalue weighted by molar-refractivity contribution is 0.299. The van der Waals surface area contributed by atoms with Crippen LogP contribution in [0.3, 0.4) is 0 Å². The van der Waals surface area contributed by atoms with Gasteiger partial charge in [-0.05, 0) is 43.5 Å². The van der Waals surface area contributed by atoms with E-state index in [1.54, 1.807) is 18.3 Å². The van der Waals surface area contributed by atoms with Crippen LogP contribution < -0.4 is 10.0 Å². The number of nitrogens with zero attached hydrogens (tertiary/aromatic N) is 1. The van der Waals surface area contributed by atoms with Crippen LogP contribution >= 0.6 is 35.3 Å². The molecule has 0 amide bonds. The zero-order chi connectivity index (χ0) is 15.1. The third kappa shape index (κ3) is 2.69. The number of nitrogens with one attached hydrogen (secondary N) is 3. The number of hydrogen-bond acceptors (Lipinski definition) is 4. The molecule has 2 aliphatic heterocycles. The standard InChI is InChI=1S/C15H18Cl2N4S/c16-11-5-10-8-21(7-9-1-3-18-4-2-9)22-20-14(10)15-13(11)12(17)6-19-15/h5-6,9,18-20H,1-4,7-8H2. The van der Waals surface area contributed by atoms with E-state index in [4.69, 9.17) is 23.2 Å². The molecule has 4 nitrogen and oxygen atoms in total. The molecule has 7 heteroatoms. The number of aromatic nitrogens is 1. The van der Waals surface area contributed by atoms with Crippen LogP contribution in [0.4, 0.5) is 5.69 Å². The van der Waals surface area contributed by atoms with Crippen LogP contribution in [-0.2, 0) is 6.54 Å². The second kappa shape index (κ2) is 6.13. The number of benzene rings is 1. The van der Waals surface area contributed by atoms with E-state index in [1.807, 2.05) is 6.07 Å².